The van der Waals surface area contributed by atoms with Gasteiger partial charge >= 0.3 is 0 Å². The molecule has 7 nitrogen and oxygen atoms in total. The number of benzene rings is 2. The molecule has 8 heteroatoms. The normalized spacial score (nSPS) is 15.4. The molecule has 1 aliphatic heterocycles. The predicted molar refractivity (Wildman–Crippen MR) is 119 cm³/mol. The number of rotatable bonds is 7. The van der Waals surface area contributed by atoms with E-state index in [4.69, 9.17) is 0 Å². The number of anilines is 2. The van der Waals surface area contributed by atoms with E-state index >= 15 is 0 Å². The highest BCUT2D eigenvalue weighted by Crippen LogP contribution is 2.24. The van der Waals surface area contributed by atoms with Gasteiger partial charge in [0.05, 0.1) is 18.0 Å². The highest BCUT2D eigenvalue weighted by molar-refractivity contribution is 7.92. The third kappa shape index (κ3) is 5.70. The number of hydrogen-bond donors (Lipinski definition) is 2. The molecule has 0 aliphatic carbocycles. The lowest BCUT2D eigenvalue weighted by Gasteiger charge is -2.17. The molecule has 0 bridgehead atoms. The largest absolute Gasteiger partial charge is 0.346 e. The molecular formula is C22H25N3O4S. The minimum Gasteiger partial charge on any atom is -0.346 e. The first kappa shape index (κ1) is 21.6. The number of para-hydroxylation sites is 1. The van der Waals surface area contributed by atoms with Gasteiger partial charge in [-0.2, -0.15) is 0 Å². The van der Waals surface area contributed by atoms with Gasteiger partial charge in [-0.25, -0.2) is 8.42 Å². The van der Waals surface area contributed by atoms with Gasteiger partial charge in [0.2, 0.25) is 21.8 Å². The van der Waals surface area contributed by atoms with Crippen molar-refractivity contribution in [1.29, 1.82) is 0 Å². The first-order valence-electron chi connectivity index (χ1n) is 9.69. The monoisotopic (exact) mass is 427 g/mol. The van der Waals surface area contributed by atoms with E-state index in [9.17, 15) is 18.0 Å². The quantitative estimate of drug-likeness (QED) is 0.664. The van der Waals surface area contributed by atoms with Crippen LogP contribution >= 0.6 is 0 Å². The lowest BCUT2D eigenvalue weighted by atomic mass is 10.1. The molecule has 2 N–H and O–H groups in total. The Bertz CT molecular complexity index is 1060. The Morgan fingerprint density at radius 2 is 1.83 bits per heavy atom. The first-order chi connectivity index (χ1) is 14.2. The molecule has 1 fully saturated rings. The molecule has 158 valence electrons. The summed E-state index contributed by atoms with van der Waals surface area (Å²) >= 11 is 0. The fraction of sp³-hybridized carbons (Fsp3) is 0.273. The summed E-state index contributed by atoms with van der Waals surface area (Å²) in [7, 11) is -3.42. The number of hydrogen-bond acceptors (Lipinski definition) is 4. The lowest BCUT2D eigenvalue weighted by Crippen LogP contribution is -2.25. The van der Waals surface area contributed by atoms with Crippen LogP contribution in [-0.4, -0.2) is 33.0 Å². The minimum atomic E-state index is -3.42. The van der Waals surface area contributed by atoms with Crippen LogP contribution in [0.1, 0.15) is 36.9 Å². The van der Waals surface area contributed by atoms with Crippen LogP contribution in [0.3, 0.4) is 0 Å². The second kappa shape index (κ2) is 9.13. The zero-order valence-corrected chi connectivity index (χ0v) is 17.8. The maximum Gasteiger partial charge on any atom is 0.244 e. The summed E-state index contributed by atoms with van der Waals surface area (Å²) < 4.78 is 25.6. The van der Waals surface area contributed by atoms with Gasteiger partial charge in [0.25, 0.3) is 0 Å². The number of amides is 2. The van der Waals surface area contributed by atoms with Gasteiger partial charge in [-0.05, 0) is 48.7 Å². The summed E-state index contributed by atoms with van der Waals surface area (Å²) in [5.74, 6) is -0.159. The number of carbonyl (C=O) groups is 2. The number of nitrogens with one attached hydrogen (secondary N) is 2. The van der Waals surface area contributed by atoms with Crippen LogP contribution in [0.5, 0.6) is 0 Å². The molecule has 2 aromatic rings. The average Bonchev–Trinajstić information content (AvgIpc) is 3.12. The van der Waals surface area contributed by atoms with Crippen molar-refractivity contribution in [3.8, 4) is 0 Å². The van der Waals surface area contributed by atoms with Gasteiger partial charge in [0, 0.05) is 24.7 Å². The number of sulfonamides is 1. The van der Waals surface area contributed by atoms with Crippen molar-refractivity contribution in [3.63, 3.8) is 0 Å². The lowest BCUT2D eigenvalue weighted by molar-refractivity contribution is -0.117. The van der Waals surface area contributed by atoms with E-state index in [1.54, 1.807) is 42.2 Å². The molecule has 0 radical (unpaired) electrons. The third-order valence-corrected chi connectivity index (χ3v) is 5.38. The van der Waals surface area contributed by atoms with Crippen molar-refractivity contribution in [2.24, 2.45) is 0 Å². The first-order valence-corrected chi connectivity index (χ1v) is 11.6. The van der Waals surface area contributed by atoms with Crippen LogP contribution in [0.4, 0.5) is 11.4 Å². The van der Waals surface area contributed by atoms with Crippen molar-refractivity contribution in [3.05, 3.63) is 65.7 Å². The van der Waals surface area contributed by atoms with Gasteiger partial charge in [0.1, 0.15) is 0 Å². The van der Waals surface area contributed by atoms with E-state index in [0.29, 0.717) is 17.7 Å². The highest BCUT2D eigenvalue weighted by Gasteiger charge is 2.21. The van der Waals surface area contributed by atoms with Gasteiger partial charge in [-0.15, -0.1) is 0 Å². The minimum absolute atomic E-state index is 0.136. The Morgan fingerprint density at radius 1 is 1.13 bits per heavy atom. The van der Waals surface area contributed by atoms with E-state index < -0.39 is 16.1 Å². The van der Waals surface area contributed by atoms with E-state index in [1.165, 1.54) is 6.08 Å². The Morgan fingerprint density at radius 3 is 2.47 bits per heavy atom. The standard InChI is InChI=1S/C22H25N3O4S/c1-16(19-6-3-4-7-20(19)24-30(2,28)29)23-21(26)14-11-17-9-12-18(13-10-17)25-15-5-8-22(25)27/h3-4,6-7,9-14,16,24H,5,8,15H2,1-2H3,(H,23,26). The number of carbonyl (C=O) groups excluding carboxylic acids is 2. The van der Waals surface area contributed by atoms with Gasteiger partial charge in [-0.3, -0.25) is 14.3 Å². The Kier molecular flexibility index (Phi) is 6.56. The topological polar surface area (TPSA) is 95.6 Å². The summed E-state index contributed by atoms with van der Waals surface area (Å²) in [5.41, 5.74) is 2.81. The van der Waals surface area contributed by atoms with Crippen molar-refractivity contribution >= 4 is 39.3 Å². The fourth-order valence-corrected chi connectivity index (χ4v) is 3.95. The molecule has 0 saturated carbocycles. The van der Waals surface area contributed by atoms with E-state index in [2.05, 4.69) is 10.0 Å². The molecule has 2 amide bonds. The molecule has 0 aromatic heterocycles. The molecule has 0 spiro atoms. The Labute approximate surface area is 176 Å². The molecule has 30 heavy (non-hydrogen) atoms. The van der Waals surface area contributed by atoms with Crippen molar-refractivity contribution in [1.82, 2.24) is 5.32 Å². The Balaban J connectivity index is 1.63. The molecule has 1 aliphatic rings. The summed E-state index contributed by atoms with van der Waals surface area (Å²) in [5, 5.41) is 2.84. The van der Waals surface area contributed by atoms with Crippen LogP contribution in [0, 0.1) is 0 Å². The summed E-state index contributed by atoms with van der Waals surface area (Å²) in [6, 6.07) is 14.0. The second-order valence-corrected chi connectivity index (χ2v) is 9.01. The molecule has 3 rings (SSSR count). The fourth-order valence-electron chi connectivity index (χ4n) is 3.36. The second-order valence-electron chi connectivity index (χ2n) is 7.27. The molecule has 1 unspecified atom stereocenters. The Hall–Kier alpha value is -3.13. The van der Waals surface area contributed by atoms with Crippen LogP contribution in [-0.2, 0) is 19.6 Å². The third-order valence-electron chi connectivity index (χ3n) is 4.79. The van der Waals surface area contributed by atoms with Crippen LogP contribution in [0.15, 0.2) is 54.6 Å². The van der Waals surface area contributed by atoms with E-state index in [0.717, 1.165) is 30.5 Å². The van der Waals surface area contributed by atoms with Crippen LogP contribution in [0.2, 0.25) is 0 Å². The summed E-state index contributed by atoms with van der Waals surface area (Å²) in [4.78, 5) is 25.9. The number of nitrogens with zero attached hydrogens (tertiary/aromatic N) is 1. The van der Waals surface area contributed by atoms with Crippen LogP contribution in [0.25, 0.3) is 6.08 Å². The van der Waals surface area contributed by atoms with E-state index in [1.807, 2.05) is 24.3 Å². The maximum atomic E-state index is 12.3. The molecule has 2 aromatic carbocycles. The van der Waals surface area contributed by atoms with Gasteiger partial charge in [-0.1, -0.05) is 30.3 Å². The predicted octanol–water partition coefficient (Wildman–Crippen LogP) is 3.08. The molecular weight excluding hydrogens is 402 g/mol. The highest BCUT2D eigenvalue weighted by atomic mass is 32.2. The molecule has 1 saturated heterocycles. The van der Waals surface area contributed by atoms with E-state index in [-0.39, 0.29) is 11.8 Å². The molecule has 1 heterocycles. The summed E-state index contributed by atoms with van der Waals surface area (Å²) in [6.45, 7) is 2.53. The van der Waals surface area contributed by atoms with Crippen molar-refractivity contribution in [2.45, 2.75) is 25.8 Å². The van der Waals surface area contributed by atoms with Crippen molar-refractivity contribution in [2.75, 3.05) is 22.4 Å². The summed E-state index contributed by atoms with van der Waals surface area (Å²) in [6.07, 6.45) is 5.67. The smallest absolute Gasteiger partial charge is 0.244 e. The molecule has 1 atom stereocenters. The van der Waals surface area contributed by atoms with Gasteiger partial charge < -0.3 is 10.2 Å². The van der Waals surface area contributed by atoms with Crippen LogP contribution < -0.4 is 14.9 Å². The maximum absolute atomic E-state index is 12.3. The average molecular weight is 428 g/mol. The SMILES string of the molecule is CC(NC(=O)C=Cc1ccc(N2CCCC2=O)cc1)c1ccccc1NS(C)(=O)=O. The van der Waals surface area contributed by atoms with Gasteiger partial charge in [0.15, 0.2) is 0 Å². The zero-order chi connectivity index (χ0) is 21.7. The zero-order valence-electron chi connectivity index (χ0n) is 17.0. The van der Waals surface area contributed by atoms with Crippen molar-refractivity contribution < 1.29 is 18.0 Å².